The first-order chi connectivity index (χ1) is 8.29. The van der Waals surface area contributed by atoms with E-state index in [9.17, 15) is 19.2 Å². The van der Waals surface area contributed by atoms with Crippen molar-refractivity contribution in [3.05, 3.63) is 11.1 Å². The molecule has 0 aliphatic rings. The Morgan fingerprint density at radius 1 is 1.11 bits per heavy atom. The van der Waals surface area contributed by atoms with E-state index >= 15 is 0 Å². The second-order valence-electron chi connectivity index (χ2n) is 3.27. The number of hydrogen-bond donors (Lipinski definition) is 3. The fourth-order valence-corrected chi connectivity index (χ4v) is 0.796. The van der Waals surface area contributed by atoms with Gasteiger partial charge in [-0.15, -0.1) is 0 Å². The van der Waals surface area contributed by atoms with Crippen LogP contribution in [0.15, 0.2) is 11.1 Å². The molecule has 0 fully saturated rings. The van der Waals surface area contributed by atoms with Gasteiger partial charge in [-0.1, -0.05) is 0 Å². The van der Waals surface area contributed by atoms with E-state index in [1.165, 1.54) is 13.8 Å². The lowest BCUT2D eigenvalue weighted by Crippen LogP contribution is -2.42. The third kappa shape index (κ3) is 5.10. The van der Waals surface area contributed by atoms with Crippen molar-refractivity contribution in [1.82, 2.24) is 10.6 Å². The predicted octanol–water partition coefficient (Wildman–Crippen LogP) is -0.594. The second-order valence-corrected chi connectivity index (χ2v) is 3.27. The van der Waals surface area contributed by atoms with Gasteiger partial charge in [-0.2, -0.15) is 0 Å². The minimum Gasteiger partial charge on any atom is -0.478 e. The Bertz CT molecular complexity index is 413. The number of hydrogen-bond acceptors (Lipinski definition) is 5. The summed E-state index contributed by atoms with van der Waals surface area (Å²) in [4.78, 5) is 43.8. The molecule has 0 aromatic heterocycles. The van der Waals surface area contributed by atoms with E-state index in [0.717, 1.165) is 7.11 Å². The topological polar surface area (TPSA) is 122 Å². The van der Waals surface area contributed by atoms with Gasteiger partial charge in [0.25, 0.3) is 5.91 Å². The van der Waals surface area contributed by atoms with E-state index in [4.69, 9.17) is 5.11 Å². The first kappa shape index (κ1) is 15.6. The lowest BCUT2D eigenvalue weighted by atomic mass is 10.1. The van der Waals surface area contributed by atoms with Gasteiger partial charge in [-0.05, 0) is 13.8 Å². The largest absolute Gasteiger partial charge is 0.478 e. The van der Waals surface area contributed by atoms with Crippen LogP contribution in [0.1, 0.15) is 13.8 Å². The number of esters is 1. The van der Waals surface area contributed by atoms with Crippen molar-refractivity contribution in [3.63, 3.8) is 0 Å². The Morgan fingerprint density at radius 2 is 1.67 bits per heavy atom. The van der Waals surface area contributed by atoms with Gasteiger partial charge in [-0.25, -0.2) is 9.59 Å². The van der Waals surface area contributed by atoms with E-state index in [1.807, 2.05) is 5.32 Å². The molecule has 0 aromatic rings. The maximum Gasteiger partial charge on any atom is 0.331 e. The fourth-order valence-electron chi connectivity index (χ4n) is 0.796. The van der Waals surface area contributed by atoms with Gasteiger partial charge in [0.1, 0.15) is 6.54 Å². The van der Waals surface area contributed by atoms with Crippen molar-refractivity contribution in [2.45, 2.75) is 13.8 Å². The van der Waals surface area contributed by atoms with Crippen molar-refractivity contribution >= 4 is 23.9 Å². The van der Waals surface area contributed by atoms with Gasteiger partial charge in [-0.3, -0.25) is 14.9 Å². The number of urea groups is 1. The molecule has 8 heteroatoms. The number of aliphatic carboxylic acids is 1. The second kappa shape index (κ2) is 7.05. The molecule has 0 rings (SSSR count). The number of carboxylic acid groups (broad SMARTS) is 1. The average Bonchev–Trinajstić information content (AvgIpc) is 2.33. The minimum atomic E-state index is -1.25. The molecule has 0 aromatic carbocycles. The molecule has 0 spiro atoms. The molecule has 0 unspecified atom stereocenters. The van der Waals surface area contributed by atoms with Crippen molar-refractivity contribution < 1.29 is 29.0 Å². The summed E-state index contributed by atoms with van der Waals surface area (Å²) in [6.45, 7) is 2.12. The Morgan fingerprint density at radius 3 is 2.11 bits per heavy atom. The zero-order valence-electron chi connectivity index (χ0n) is 10.2. The molecule has 0 saturated carbocycles. The first-order valence-corrected chi connectivity index (χ1v) is 4.86. The highest BCUT2D eigenvalue weighted by Gasteiger charge is 2.15. The molecule has 0 radical (unpaired) electrons. The summed E-state index contributed by atoms with van der Waals surface area (Å²) in [7, 11) is 1.15. The molecule has 100 valence electrons. The van der Waals surface area contributed by atoms with Crippen LogP contribution in [0.5, 0.6) is 0 Å². The Labute approximate surface area is 103 Å². The number of carbonyl (C=O) groups is 4. The predicted molar refractivity (Wildman–Crippen MR) is 59.6 cm³/mol. The number of rotatable bonds is 4. The SMILES string of the molecule is COC(=O)CNC(=O)NC(=O)C(C)=C(C)C(=O)O. The molecular formula is C10H14N2O6. The summed E-state index contributed by atoms with van der Waals surface area (Å²) in [5.74, 6) is -2.78. The summed E-state index contributed by atoms with van der Waals surface area (Å²) < 4.78 is 4.27. The van der Waals surface area contributed by atoms with E-state index in [-0.39, 0.29) is 11.1 Å². The van der Waals surface area contributed by atoms with Crippen LogP contribution in [0, 0.1) is 0 Å². The van der Waals surface area contributed by atoms with Gasteiger partial charge in [0.2, 0.25) is 0 Å². The van der Waals surface area contributed by atoms with Crippen LogP contribution in [0.4, 0.5) is 4.79 Å². The van der Waals surface area contributed by atoms with Crippen LogP contribution in [-0.4, -0.2) is 42.6 Å². The summed E-state index contributed by atoms with van der Waals surface area (Å²) in [5.41, 5.74) is -0.274. The molecule has 0 heterocycles. The van der Waals surface area contributed by atoms with E-state index in [1.54, 1.807) is 0 Å². The molecule has 3 N–H and O–H groups in total. The van der Waals surface area contributed by atoms with Crippen LogP contribution in [-0.2, 0) is 19.1 Å². The van der Waals surface area contributed by atoms with Crippen molar-refractivity contribution in [2.24, 2.45) is 0 Å². The molecular weight excluding hydrogens is 244 g/mol. The van der Waals surface area contributed by atoms with Crippen LogP contribution in [0.3, 0.4) is 0 Å². The van der Waals surface area contributed by atoms with E-state index in [2.05, 4.69) is 10.1 Å². The zero-order chi connectivity index (χ0) is 14.3. The summed E-state index contributed by atoms with van der Waals surface area (Å²) in [5, 5.41) is 12.6. The van der Waals surface area contributed by atoms with Crippen LogP contribution < -0.4 is 10.6 Å². The molecule has 18 heavy (non-hydrogen) atoms. The summed E-state index contributed by atoms with van der Waals surface area (Å²) in [6.07, 6.45) is 0. The third-order valence-corrected chi connectivity index (χ3v) is 2.07. The number of carboxylic acids is 1. The van der Waals surface area contributed by atoms with Crippen molar-refractivity contribution in [2.75, 3.05) is 13.7 Å². The third-order valence-electron chi connectivity index (χ3n) is 2.07. The maximum atomic E-state index is 11.4. The van der Waals surface area contributed by atoms with Gasteiger partial charge in [0.05, 0.1) is 7.11 Å². The number of amides is 3. The molecule has 0 aliphatic carbocycles. The smallest absolute Gasteiger partial charge is 0.331 e. The van der Waals surface area contributed by atoms with Gasteiger partial charge in [0, 0.05) is 11.1 Å². The molecule has 0 aliphatic heterocycles. The van der Waals surface area contributed by atoms with E-state index in [0.29, 0.717) is 0 Å². The number of ether oxygens (including phenoxy) is 1. The Hall–Kier alpha value is -2.38. The maximum absolute atomic E-state index is 11.4. The van der Waals surface area contributed by atoms with Gasteiger partial charge >= 0.3 is 18.0 Å². The monoisotopic (exact) mass is 258 g/mol. The number of nitrogens with one attached hydrogen (secondary N) is 2. The quantitative estimate of drug-likeness (QED) is 0.457. The standard InChI is InChI=1S/C10H14N2O6/c1-5(6(2)9(15)16)8(14)12-10(17)11-4-7(13)18-3/h4H2,1-3H3,(H,15,16)(H2,11,12,14,17). The highest BCUT2D eigenvalue weighted by Crippen LogP contribution is 2.02. The lowest BCUT2D eigenvalue weighted by molar-refractivity contribution is -0.139. The van der Waals surface area contributed by atoms with Crippen molar-refractivity contribution in [3.8, 4) is 0 Å². The Balaban J connectivity index is 4.41. The molecule has 0 atom stereocenters. The number of methoxy groups -OCH3 is 1. The van der Waals surface area contributed by atoms with Gasteiger partial charge in [0.15, 0.2) is 0 Å². The molecule has 3 amide bonds. The van der Waals surface area contributed by atoms with Crippen LogP contribution in [0.2, 0.25) is 0 Å². The van der Waals surface area contributed by atoms with E-state index < -0.39 is 30.4 Å². The number of carbonyl (C=O) groups excluding carboxylic acids is 3. The normalized spacial score (nSPS) is 11.1. The summed E-state index contributed by atoms with van der Waals surface area (Å²) >= 11 is 0. The first-order valence-electron chi connectivity index (χ1n) is 4.86. The zero-order valence-corrected chi connectivity index (χ0v) is 10.2. The van der Waals surface area contributed by atoms with Crippen LogP contribution in [0.25, 0.3) is 0 Å². The summed E-state index contributed by atoms with van der Waals surface area (Å²) in [6, 6.07) is -0.914. The van der Waals surface area contributed by atoms with Crippen molar-refractivity contribution in [1.29, 1.82) is 0 Å². The van der Waals surface area contributed by atoms with Crippen LogP contribution >= 0.6 is 0 Å². The molecule has 0 bridgehead atoms. The fraction of sp³-hybridized carbons (Fsp3) is 0.400. The lowest BCUT2D eigenvalue weighted by Gasteiger charge is -2.07. The average molecular weight is 258 g/mol. The highest BCUT2D eigenvalue weighted by molar-refractivity contribution is 6.07. The number of imide groups is 1. The molecule has 8 nitrogen and oxygen atoms in total. The highest BCUT2D eigenvalue weighted by atomic mass is 16.5. The van der Waals surface area contributed by atoms with Gasteiger partial charge < -0.3 is 15.2 Å². The Kier molecular flexibility index (Phi) is 6.11. The molecule has 0 saturated heterocycles. The minimum absolute atomic E-state index is 0.101.